The van der Waals surface area contributed by atoms with Gasteiger partial charge in [-0.2, -0.15) is 0 Å². The smallest absolute Gasteiger partial charge is 0.102 e. The van der Waals surface area contributed by atoms with Gasteiger partial charge < -0.3 is 10.2 Å². The van der Waals surface area contributed by atoms with Gasteiger partial charge in [0.2, 0.25) is 0 Å². The van der Waals surface area contributed by atoms with Crippen LogP contribution in [0.4, 0.5) is 10.1 Å². The summed E-state index contributed by atoms with van der Waals surface area (Å²) in [4.78, 5) is 2.20. The molecular weight excluding hydrogens is 215 g/mol. The Morgan fingerprint density at radius 2 is 1.88 bits per heavy atom. The molecule has 1 fully saturated rings. The van der Waals surface area contributed by atoms with Gasteiger partial charge in [-0.25, -0.2) is 4.39 Å². The van der Waals surface area contributed by atoms with Crippen LogP contribution in [0.2, 0.25) is 0 Å². The number of anilines is 1. The fraction of sp³-hybridized carbons (Fsp3) is 0.571. The largest absolute Gasteiger partial charge is 0.382 e. The Morgan fingerprint density at radius 1 is 1.24 bits per heavy atom. The van der Waals surface area contributed by atoms with Gasteiger partial charge in [-0.1, -0.05) is 17.7 Å². The lowest BCUT2D eigenvalue weighted by atomic mass is 10.0. The van der Waals surface area contributed by atoms with Gasteiger partial charge >= 0.3 is 0 Å². The van der Waals surface area contributed by atoms with Crippen molar-refractivity contribution in [2.75, 3.05) is 31.6 Å². The van der Waals surface area contributed by atoms with Gasteiger partial charge in [0.25, 0.3) is 0 Å². The molecule has 0 saturated carbocycles. The molecule has 2 nitrogen and oxygen atoms in total. The standard InChI is InChI=1S/C14H21FN2/c1-12-2-4-13(5-3-12)16-14-6-9-17(10-7-14)11-8-15/h2-5,14,16H,6-11H2,1H3. The molecule has 17 heavy (non-hydrogen) atoms. The molecule has 0 unspecified atom stereocenters. The molecule has 0 radical (unpaired) electrons. The van der Waals surface area contributed by atoms with Crippen LogP contribution in [0.15, 0.2) is 24.3 Å². The maximum atomic E-state index is 12.2. The normalized spacial score (nSPS) is 18.2. The first-order valence-corrected chi connectivity index (χ1v) is 6.39. The van der Waals surface area contributed by atoms with Crippen molar-refractivity contribution >= 4 is 5.69 Å². The summed E-state index contributed by atoms with van der Waals surface area (Å²) in [6.07, 6.45) is 2.21. The molecule has 1 saturated heterocycles. The Kier molecular flexibility index (Phi) is 4.37. The monoisotopic (exact) mass is 236 g/mol. The maximum Gasteiger partial charge on any atom is 0.102 e. The third-order valence-electron chi connectivity index (χ3n) is 3.41. The maximum absolute atomic E-state index is 12.2. The first kappa shape index (κ1) is 12.4. The van der Waals surface area contributed by atoms with Crippen LogP contribution in [0.3, 0.4) is 0 Å². The molecule has 1 aromatic rings. The zero-order valence-corrected chi connectivity index (χ0v) is 10.5. The minimum Gasteiger partial charge on any atom is -0.382 e. The number of nitrogens with zero attached hydrogens (tertiary/aromatic N) is 1. The number of piperidine rings is 1. The highest BCUT2D eigenvalue weighted by Gasteiger charge is 2.18. The number of alkyl halides is 1. The molecule has 0 amide bonds. The molecule has 2 rings (SSSR count). The summed E-state index contributed by atoms with van der Waals surface area (Å²) in [6.45, 7) is 4.48. The summed E-state index contributed by atoms with van der Waals surface area (Å²) in [7, 11) is 0. The summed E-state index contributed by atoms with van der Waals surface area (Å²) in [6, 6.07) is 9.04. The molecule has 1 aromatic carbocycles. The molecule has 1 aliphatic heterocycles. The van der Waals surface area contributed by atoms with Crippen molar-refractivity contribution in [3.8, 4) is 0 Å². The van der Waals surface area contributed by atoms with Crippen molar-refractivity contribution < 1.29 is 4.39 Å². The van der Waals surface area contributed by atoms with Crippen molar-refractivity contribution in [2.24, 2.45) is 0 Å². The van der Waals surface area contributed by atoms with E-state index in [0.717, 1.165) is 25.9 Å². The Balaban J connectivity index is 1.79. The molecular formula is C14H21FN2. The lowest BCUT2D eigenvalue weighted by Gasteiger charge is -2.32. The van der Waals surface area contributed by atoms with E-state index < -0.39 is 0 Å². The van der Waals surface area contributed by atoms with E-state index in [4.69, 9.17) is 0 Å². The molecule has 1 heterocycles. The van der Waals surface area contributed by atoms with E-state index in [1.54, 1.807) is 0 Å². The second kappa shape index (κ2) is 6.01. The van der Waals surface area contributed by atoms with Crippen LogP contribution in [0.5, 0.6) is 0 Å². The van der Waals surface area contributed by atoms with Crippen LogP contribution in [0, 0.1) is 6.92 Å². The average Bonchev–Trinajstić information content (AvgIpc) is 2.35. The van der Waals surface area contributed by atoms with Crippen molar-refractivity contribution in [3.63, 3.8) is 0 Å². The van der Waals surface area contributed by atoms with Gasteiger partial charge in [-0.05, 0) is 31.9 Å². The van der Waals surface area contributed by atoms with Gasteiger partial charge in [0, 0.05) is 31.4 Å². The number of hydrogen-bond acceptors (Lipinski definition) is 2. The van der Waals surface area contributed by atoms with E-state index in [-0.39, 0.29) is 6.67 Å². The van der Waals surface area contributed by atoms with E-state index in [1.807, 2.05) is 0 Å². The summed E-state index contributed by atoms with van der Waals surface area (Å²) >= 11 is 0. The zero-order valence-electron chi connectivity index (χ0n) is 10.5. The van der Waals surface area contributed by atoms with Crippen LogP contribution in [-0.2, 0) is 0 Å². The van der Waals surface area contributed by atoms with Crippen LogP contribution in [0.25, 0.3) is 0 Å². The lowest BCUT2D eigenvalue weighted by Crippen LogP contribution is -2.39. The fourth-order valence-electron chi connectivity index (χ4n) is 2.31. The number of nitrogens with one attached hydrogen (secondary N) is 1. The SMILES string of the molecule is Cc1ccc(NC2CCN(CCF)CC2)cc1. The van der Waals surface area contributed by atoms with E-state index in [9.17, 15) is 4.39 Å². The Labute approximate surface area is 103 Å². The van der Waals surface area contributed by atoms with Crippen LogP contribution in [-0.4, -0.2) is 37.3 Å². The van der Waals surface area contributed by atoms with Crippen molar-refractivity contribution in [3.05, 3.63) is 29.8 Å². The number of aryl methyl sites for hydroxylation is 1. The predicted octanol–water partition coefficient (Wildman–Crippen LogP) is 2.84. The van der Waals surface area contributed by atoms with Gasteiger partial charge in [-0.15, -0.1) is 0 Å². The zero-order chi connectivity index (χ0) is 12.1. The summed E-state index contributed by atoms with van der Waals surface area (Å²) in [5.41, 5.74) is 2.48. The van der Waals surface area contributed by atoms with E-state index in [0.29, 0.717) is 12.6 Å². The molecule has 0 aliphatic carbocycles. The number of hydrogen-bond donors (Lipinski definition) is 1. The fourth-order valence-corrected chi connectivity index (χ4v) is 2.31. The van der Waals surface area contributed by atoms with Crippen LogP contribution in [0.1, 0.15) is 18.4 Å². The first-order valence-electron chi connectivity index (χ1n) is 6.39. The molecule has 0 aromatic heterocycles. The number of likely N-dealkylation sites (tertiary alicyclic amines) is 1. The van der Waals surface area contributed by atoms with Gasteiger partial charge in [0.05, 0.1) is 0 Å². The molecule has 3 heteroatoms. The van der Waals surface area contributed by atoms with Crippen LogP contribution >= 0.6 is 0 Å². The van der Waals surface area contributed by atoms with Gasteiger partial charge in [0.1, 0.15) is 6.67 Å². The summed E-state index contributed by atoms with van der Waals surface area (Å²) in [5.74, 6) is 0. The third kappa shape index (κ3) is 3.70. The Bertz CT molecular complexity index is 329. The summed E-state index contributed by atoms with van der Waals surface area (Å²) in [5, 5.41) is 3.55. The Morgan fingerprint density at radius 3 is 2.47 bits per heavy atom. The third-order valence-corrected chi connectivity index (χ3v) is 3.41. The van der Waals surface area contributed by atoms with Gasteiger partial charge in [-0.3, -0.25) is 0 Å². The quantitative estimate of drug-likeness (QED) is 0.864. The molecule has 1 N–H and O–H groups in total. The van der Waals surface area contributed by atoms with Crippen molar-refractivity contribution in [1.82, 2.24) is 4.90 Å². The number of halogens is 1. The van der Waals surface area contributed by atoms with Crippen molar-refractivity contribution in [2.45, 2.75) is 25.8 Å². The molecule has 0 bridgehead atoms. The Hall–Kier alpha value is -1.09. The molecule has 0 atom stereocenters. The second-order valence-electron chi connectivity index (χ2n) is 4.82. The average molecular weight is 236 g/mol. The van der Waals surface area contributed by atoms with Crippen LogP contribution < -0.4 is 5.32 Å². The number of benzene rings is 1. The molecule has 1 aliphatic rings. The highest BCUT2D eigenvalue weighted by Crippen LogP contribution is 2.16. The second-order valence-corrected chi connectivity index (χ2v) is 4.82. The molecule has 0 spiro atoms. The summed E-state index contributed by atoms with van der Waals surface area (Å²) < 4.78 is 12.2. The first-order chi connectivity index (χ1) is 8.28. The number of rotatable bonds is 4. The molecule has 94 valence electrons. The minimum absolute atomic E-state index is 0.226. The van der Waals surface area contributed by atoms with E-state index in [1.165, 1.54) is 11.3 Å². The van der Waals surface area contributed by atoms with E-state index >= 15 is 0 Å². The highest BCUT2D eigenvalue weighted by molar-refractivity contribution is 5.45. The lowest BCUT2D eigenvalue weighted by molar-refractivity contribution is 0.203. The van der Waals surface area contributed by atoms with Crippen molar-refractivity contribution in [1.29, 1.82) is 0 Å². The van der Waals surface area contributed by atoms with E-state index in [2.05, 4.69) is 41.4 Å². The topological polar surface area (TPSA) is 15.3 Å². The minimum atomic E-state index is -0.226. The predicted molar refractivity (Wildman–Crippen MR) is 70.2 cm³/mol. The van der Waals surface area contributed by atoms with Gasteiger partial charge in [0.15, 0.2) is 0 Å². The highest BCUT2D eigenvalue weighted by atomic mass is 19.1.